The minimum Gasteiger partial charge on any atom is -0.312 e. The van der Waals surface area contributed by atoms with Gasteiger partial charge in [-0.05, 0) is 12.1 Å². The lowest BCUT2D eigenvalue weighted by molar-refractivity contribution is -0.116. The van der Waals surface area contributed by atoms with Gasteiger partial charge in [-0.1, -0.05) is 12.1 Å². The van der Waals surface area contributed by atoms with Crippen LogP contribution in [0.2, 0.25) is 0 Å². The Labute approximate surface area is 137 Å². The molecule has 0 saturated carbocycles. The van der Waals surface area contributed by atoms with Gasteiger partial charge in [0.05, 0.1) is 11.1 Å². The van der Waals surface area contributed by atoms with Crippen molar-refractivity contribution in [2.24, 2.45) is 0 Å². The number of aromatic nitrogens is 2. The van der Waals surface area contributed by atoms with E-state index in [1.54, 1.807) is 24.3 Å². The SMILES string of the molecule is O=C(CN1C(=O)c2ccccc2C1=O)Nc1n[nH]c2c1CNCC2. The number of hydrogen-bond donors (Lipinski definition) is 3. The normalized spacial score (nSPS) is 16.1. The third kappa shape index (κ3) is 2.28. The molecule has 3 N–H and O–H groups in total. The molecule has 0 unspecified atom stereocenters. The molecule has 122 valence electrons. The fourth-order valence-electron chi connectivity index (χ4n) is 3.03. The lowest BCUT2D eigenvalue weighted by Gasteiger charge is -2.15. The number of benzene rings is 1. The minimum atomic E-state index is -0.454. The average molecular weight is 325 g/mol. The molecule has 2 aliphatic heterocycles. The van der Waals surface area contributed by atoms with Gasteiger partial charge in [-0.15, -0.1) is 0 Å². The first kappa shape index (κ1) is 14.6. The van der Waals surface area contributed by atoms with Crippen molar-refractivity contribution in [3.8, 4) is 0 Å². The summed E-state index contributed by atoms with van der Waals surface area (Å²) in [6.45, 7) is 1.15. The molecule has 3 heterocycles. The summed E-state index contributed by atoms with van der Waals surface area (Å²) >= 11 is 0. The van der Waals surface area contributed by atoms with Crippen LogP contribution in [0.15, 0.2) is 24.3 Å². The molecule has 0 radical (unpaired) electrons. The predicted molar refractivity (Wildman–Crippen MR) is 84.4 cm³/mol. The molecule has 2 aliphatic rings. The number of nitrogens with zero attached hydrogens (tertiary/aromatic N) is 2. The fourth-order valence-corrected chi connectivity index (χ4v) is 3.03. The fraction of sp³-hybridized carbons (Fsp3) is 0.250. The number of amides is 3. The number of hydrogen-bond acceptors (Lipinski definition) is 5. The average Bonchev–Trinajstić information content (AvgIpc) is 3.11. The van der Waals surface area contributed by atoms with Crippen molar-refractivity contribution in [1.29, 1.82) is 0 Å². The zero-order chi connectivity index (χ0) is 16.7. The van der Waals surface area contributed by atoms with Crippen LogP contribution in [0.5, 0.6) is 0 Å². The van der Waals surface area contributed by atoms with Crippen LogP contribution >= 0.6 is 0 Å². The second-order valence-electron chi connectivity index (χ2n) is 5.75. The van der Waals surface area contributed by atoms with E-state index in [1.807, 2.05) is 0 Å². The number of nitrogens with one attached hydrogen (secondary N) is 3. The summed E-state index contributed by atoms with van der Waals surface area (Å²) in [6.07, 6.45) is 0.816. The zero-order valence-corrected chi connectivity index (χ0v) is 12.8. The van der Waals surface area contributed by atoms with Gasteiger partial charge in [-0.3, -0.25) is 24.4 Å². The molecule has 0 aliphatic carbocycles. The second-order valence-corrected chi connectivity index (χ2v) is 5.75. The summed E-state index contributed by atoms with van der Waals surface area (Å²) < 4.78 is 0. The summed E-state index contributed by atoms with van der Waals surface area (Å²) in [5.74, 6) is -0.906. The Morgan fingerprint density at radius 1 is 1.21 bits per heavy atom. The Morgan fingerprint density at radius 2 is 1.92 bits per heavy atom. The third-order valence-electron chi connectivity index (χ3n) is 4.24. The molecule has 1 aromatic carbocycles. The summed E-state index contributed by atoms with van der Waals surface area (Å²) in [7, 11) is 0. The Kier molecular flexibility index (Phi) is 3.39. The molecule has 8 heteroatoms. The smallest absolute Gasteiger partial charge is 0.262 e. The largest absolute Gasteiger partial charge is 0.312 e. The van der Waals surface area contributed by atoms with E-state index < -0.39 is 17.7 Å². The molecule has 2 aromatic rings. The molecular weight excluding hydrogens is 310 g/mol. The molecule has 1 aromatic heterocycles. The van der Waals surface area contributed by atoms with Gasteiger partial charge in [0.2, 0.25) is 5.91 Å². The van der Waals surface area contributed by atoms with Gasteiger partial charge in [0.15, 0.2) is 5.82 Å². The van der Waals surface area contributed by atoms with Crippen molar-refractivity contribution in [2.45, 2.75) is 13.0 Å². The molecule has 24 heavy (non-hydrogen) atoms. The summed E-state index contributed by atoms with van der Waals surface area (Å²) in [5, 5.41) is 12.9. The Morgan fingerprint density at radius 3 is 2.62 bits per heavy atom. The molecular formula is C16H15N5O3. The lowest BCUT2D eigenvalue weighted by atomic mass is 10.1. The number of rotatable bonds is 3. The van der Waals surface area contributed by atoms with E-state index >= 15 is 0 Å². The van der Waals surface area contributed by atoms with Crippen molar-refractivity contribution in [2.75, 3.05) is 18.4 Å². The highest BCUT2D eigenvalue weighted by atomic mass is 16.2. The van der Waals surface area contributed by atoms with E-state index in [1.165, 1.54) is 0 Å². The van der Waals surface area contributed by atoms with Gasteiger partial charge in [0.1, 0.15) is 6.54 Å². The first-order valence-corrected chi connectivity index (χ1v) is 7.67. The maximum Gasteiger partial charge on any atom is 0.262 e. The molecule has 0 atom stereocenters. The maximum atomic E-state index is 12.3. The predicted octanol–water partition coefficient (Wildman–Crippen LogP) is 0.290. The van der Waals surface area contributed by atoms with Crippen LogP contribution in [-0.4, -0.2) is 45.9 Å². The maximum absolute atomic E-state index is 12.3. The van der Waals surface area contributed by atoms with Crippen LogP contribution in [0.4, 0.5) is 5.82 Å². The van der Waals surface area contributed by atoms with Crippen molar-refractivity contribution < 1.29 is 14.4 Å². The number of anilines is 1. The number of H-pyrrole nitrogens is 1. The number of carbonyl (C=O) groups excluding carboxylic acids is 3. The summed E-state index contributed by atoms with van der Waals surface area (Å²) in [4.78, 5) is 37.8. The minimum absolute atomic E-state index is 0.330. The van der Waals surface area contributed by atoms with E-state index in [0.717, 1.165) is 29.1 Å². The van der Waals surface area contributed by atoms with Gasteiger partial charge in [0.25, 0.3) is 11.8 Å². The Bertz CT molecular complexity index is 822. The van der Waals surface area contributed by atoms with Gasteiger partial charge < -0.3 is 10.6 Å². The highest BCUT2D eigenvalue weighted by molar-refractivity contribution is 6.22. The monoisotopic (exact) mass is 325 g/mol. The molecule has 8 nitrogen and oxygen atoms in total. The third-order valence-corrected chi connectivity index (χ3v) is 4.24. The quantitative estimate of drug-likeness (QED) is 0.703. The first-order chi connectivity index (χ1) is 11.6. The van der Waals surface area contributed by atoms with E-state index in [-0.39, 0.29) is 6.54 Å². The van der Waals surface area contributed by atoms with Crippen LogP contribution in [0.3, 0.4) is 0 Å². The second kappa shape index (κ2) is 5.57. The summed E-state index contributed by atoms with van der Waals surface area (Å²) in [6, 6.07) is 6.56. The van der Waals surface area contributed by atoms with E-state index in [4.69, 9.17) is 0 Å². The number of aromatic amines is 1. The van der Waals surface area contributed by atoms with Crippen LogP contribution in [0, 0.1) is 0 Å². The van der Waals surface area contributed by atoms with Crippen molar-refractivity contribution in [3.63, 3.8) is 0 Å². The van der Waals surface area contributed by atoms with Gasteiger partial charge >= 0.3 is 0 Å². The zero-order valence-electron chi connectivity index (χ0n) is 12.8. The first-order valence-electron chi connectivity index (χ1n) is 7.67. The highest BCUT2D eigenvalue weighted by Crippen LogP contribution is 2.23. The standard InChI is InChI=1S/C16H15N5O3/c22-13(18-14-11-7-17-6-5-12(11)19-20-14)8-21-15(23)9-3-1-2-4-10(9)16(21)24/h1-4,17H,5-8H2,(H2,18,19,20,22). The summed E-state index contributed by atoms with van der Waals surface area (Å²) in [5.41, 5.74) is 2.56. The van der Waals surface area contributed by atoms with Crippen LogP contribution in [-0.2, 0) is 17.8 Å². The van der Waals surface area contributed by atoms with Crippen molar-refractivity contribution >= 4 is 23.5 Å². The Hall–Kier alpha value is -3.00. The highest BCUT2D eigenvalue weighted by Gasteiger charge is 2.36. The van der Waals surface area contributed by atoms with E-state index in [2.05, 4.69) is 20.8 Å². The van der Waals surface area contributed by atoms with Crippen LogP contribution in [0.25, 0.3) is 0 Å². The molecule has 4 rings (SSSR count). The number of carbonyl (C=O) groups is 3. The van der Waals surface area contributed by atoms with E-state index in [9.17, 15) is 14.4 Å². The van der Waals surface area contributed by atoms with Crippen LogP contribution in [0.1, 0.15) is 32.0 Å². The van der Waals surface area contributed by atoms with Crippen molar-refractivity contribution in [3.05, 3.63) is 46.6 Å². The van der Waals surface area contributed by atoms with Crippen LogP contribution < -0.4 is 10.6 Å². The van der Waals surface area contributed by atoms with Gasteiger partial charge in [-0.2, -0.15) is 5.10 Å². The van der Waals surface area contributed by atoms with Gasteiger partial charge in [0, 0.05) is 30.8 Å². The molecule has 0 saturated heterocycles. The Balaban J connectivity index is 1.49. The van der Waals surface area contributed by atoms with Crippen molar-refractivity contribution in [1.82, 2.24) is 20.4 Å². The molecule has 3 amide bonds. The van der Waals surface area contributed by atoms with E-state index in [0.29, 0.717) is 23.5 Å². The molecule has 0 spiro atoms. The molecule has 0 fully saturated rings. The van der Waals surface area contributed by atoms with Gasteiger partial charge in [-0.25, -0.2) is 0 Å². The number of fused-ring (bicyclic) bond motifs is 2. The topological polar surface area (TPSA) is 107 Å². The molecule has 0 bridgehead atoms. The number of imide groups is 1. The lowest BCUT2D eigenvalue weighted by Crippen LogP contribution is -2.37.